The Morgan fingerprint density at radius 3 is 1.24 bits per heavy atom. The predicted octanol–water partition coefficient (Wildman–Crippen LogP) is 21.4. The third-order valence-corrected chi connectivity index (χ3v) is 19.0. The van der Waals surface area contributed by atoms with E-state index < -0.39 is 61.0 Å². The van der Waals surface area contributed by atoms with Gasteiger partial charge in [-0.3, -0.25) is 24.0 Å². The summed E-state index contributed by atoms with van der Waals surface area (Å²) in [6.45, 7) is 19.8. The fourth-order valence-electron chi connectivity index (χ4n) is 12.9. The van der Waals surface area contributed by atoms with Crippen molar-refractivity contribution in [3.8, 4) is 0 Å². The fourth-order valence-corrected chi connectivity index (χ4v) is 13.8. The maximum atomic E-state index is 11.7. The molecule has 14 heteroatoms. The first-order valence-corrected chi connectivity index (χ1v) is 38.9. The van der Waals surface area contributed by atoms with Crippen LogP contribution >= 0.6 is 43.5 Å². The lowest BCUT2D eigenvalue weighted by Gasteiger charge is -2.19. The van der Waals surface area contributed by atoms with Crippen molar-refractivity contribution in [3.63, 3.8) is 0 Å². The number of ketones is 2. The van der Waals surface area contributed by atoms with Gasteiger partial charge in [0.25, 0.3) is 0 Å². The molecule has 0 radical (unpaired) electrons. The molecule has 0 atom stereocenters. The van der Waals surface area contributed by atoms with Crippen LogP contribution in [0, 0.1) is 0 Å². The van der Waals surface area contributed by atoms with Gasteiger partial charge in [0.05, 0.1) is 0 Å². The van der Waals surface area contributed by atoms with Gasteiger partial charge in [0.2, 0.25) is 5.24 Å². The van der Waals surface area contributed by atoms with E-state index in [0.717, 1.165) is 172 Å². The zero-order chi connectivity index (χ0) is 88.2. The topological polar surface area (TPSA) is 167 Å². The zero-order valence-electron chi connectivity index (χ0n) is 75.2. The number of fused-ring (bicyclic) bond motifs is 8. The lowest BCUT2D eigenvalue weighted by Crippen LogP contribution is -2.24. The summed E-state index contributed by atoms with van der Waals surface area (Å²) in [5.74, 6) is -1.26. The lowest BCUT2D eigenvalue weighted by atomic mass is 10.0. The highest BCUT2D eigenvalue weighted by Gasteiger charge is 2.25. The van der Waals surface area contributed by atoms with Gasteiger partial charge in [-0.15, -0.1) is 0 Å². The van der Waals surface area contributed by atoms with Crippen molar-refractivity contribution in [2.24, 2.45) is 0 Å². The van der Waals surface area contributed by atoms with Gasteiger partial charge in [-0.2, -0.15) is 0 Å². The molecule has 15 rings (SSSR count). The zero-order valence-corrected chi connectivity index (χ0v) is 67.1. The highest BCUT2D eigenvalue weighted by Crippen LogP contribution is 2.33. The Labute approximate surface area is 674 Å². The van der Waals surface area contributed by atoms with Crippen LogP contribution in [0.2, 0.25) is 0 Å². The average molecular weight is 1610 g/mol. The molecule has 0 aromatic heterocycles. The summed E-state index contributed by atoms with van der Waals surface area (Å²) in [5.41, 5.74) is 17.9. The number of aliphatic carboxylic acids is 1. The Balaban J connectivity index is 0.000000171. The molecule has 0 saturated carbocycles. The number of ether oxygens (including phenoxy) is 3. The van der Waals surface area contributed by atoms with Crippen molar-refractivity contribution in [1.29, 1.82) is 0 Å². The molecule has 1 N–H and O–H groups in total. The first-order valence-electron chi connectivity index (χ1n) is 42.9. The summed E-state index contributed by atoms with van der Waals surface area (Å²) in [5, 5.41) is 8.27. The van der Waals surface area contributed by atoms with Crippen LogP contribution in [0.4, 0.5) is 0 Å². The van der Waals surface area contributed by atoms with Gasteiger partial charge >= 0.3 is 23.9 Å². The van der Waals surface area contributed by atoms with Crippen molar-refractivity contribution in [2.75, 3.05) is 0 Å². The summed E-state index contributed by atoms with van der Waals surface area (Å²) >= 11 is 12.0. The number of benzene rings is 7. The first kappa shape index (κ1) is 68.4. The van der Waals surface area contributed by atoms with E-state index in [4.69, 9.17) is 47.4 Å². The maximum Gasteiger partial charge on any atom is 0.331 e. The summed E-state index contributed by atoms with van der Waals surface area (Å²) in [4.78, 5) is 77.6. The SMILES string of the molecule is C=CC(=O)OC(C)(C)C.O=C1CCc2cc(Br)ccc21.[2H]C1([2H])CCc2cc(/C=C/C(=O)OC(C)(C)C)ccc21.[2H]C1([2H])CCc2cc(Br)ccc21.[2H]C1([2H])CCc2cc(CCC(=O)Cl)ccc21.[2H]C1([2H])CCc2cc(CCC(=O)O)ccc21.[2H]C1([2H])CCc2cc(CCC(=O)OC(C)(C)C)ccc21.[2H]C1([2H])CCc2cc3c(cc21)C(=O)CC3. The molecule has 0 spiro atoms. The number of esters is 3. The van der Waals surface area contributed by atoms with Gasteiger partial charge < -0.3 is 19.3 Å². The highest BCUT2D eigenvalue weighted by molar-refractivity contribution is 9.10. The number of rotatable bonds is 12. The molecule has 0 unspecified atom stereocenters. The molecular weight excluding hydrogens is 1490 g/mol. The largest absolute Gasteiger partial charge is 0.481 e. The number of carbonyl (C=O) groups excluding carboxylic acids is 6. The number of hydrogen-bond donors (Lipinski definition) is 1. The third kappa shape index (κ3) is 28.9. The molecule has 7 aromatic carbocycles. The van der Waals surface area contributed by atoms with Gasteiger partial charge in [0.15, 0.2) is 11.6 Å². The highest BCUT2D eigenvalue weighted by atomic mass is 79.9. The van der Waals surface area contributed by atoms with Crippen molar-refractivity contribution < 1.29 is 69.3 Å². The van der Waals surface area contributed by atoms with Crippen molar-refractivity contribution >= 4 is 90.2 Å². The van der Waals surface area contributed by atoms with E-state index in [9.17, 15) is 33.6 Å². The smallest absolute Gasteiger partial charge is 0.331 e. The van der Waals surface area contributed by atoms with E-state index in [1.807, 2.05) is 172 Å². The third-order valence-electron chi connectivity index (χ3n) is 17.9. The van der Waals surface area contributed by atoms with Crippen LogP contribution in [0.1, 0.15) is 270 Å². The van der Waals surface area contributed by atoms with Gasteiger partial charge in [0.1, 0.15) is 16.8 Å². The quantitative estimate of drug-likeness (QED) is 0.0535. The Bertz CT molecular complexity index is 4870. The molecule has 0 saturated heterocycles. The van der Waals surface area contributed by atoms with E-state index in [2.05, 4.69) is 38.4 Å². The molecule has 0 fully saturated rings. The van der Waals surface area contributed by atoms with E-state index in [-0.39, 0.29) is 41.1 Å². The molecule has 8 aliphatic rings. The van der Waals surface area contributed by atoms with Crippen molar-refractivity contribution in [3.05, 3.63) is 260 Å². The van der Waals surface area contributed by atoms with Crippen LogP contribution in [0.5, 0.6) is 0 Å². The summed E-state index contributed by atoms with van der Waals surface area (Å²) < 4.78 is 111. The number of carbonyl (C=O) groups is 7. The van der Waals surface area contributed by atoms with Crippen molar-refractivity contribution in [2.45, 2.75) is 259 Å². The number of Topliss-reactive ketones (excluding diaryl/α,β-unsaturated/α-hetero) is 2. The second-order valence-electron chi connectivity index (χ2n) is 30.0. The van der Waals surface area contributed by atoms with Gasteiger partial charge in [0, 0.05) is 80.8 Å². The Kier molecular flexibility index (Phi) is 25.9. The normalized spacial score (nSPS) is 19.3. The minimum absolute atomic E-state index is 0.131. The van der Waals surface area contributed by atoms with Gasteiger partial charge in [-0.25, -0.2) is 9.59 Å². The number of hydrogen-bond acceptors (Lipinski definition) is 10. The number of carboxylic acid groups (broad SMARTS) is 1. The summed E-state index contributed by atoms with van der Waals surface area (Å²) in [6, 6.07) is 38.2. The van der Waals surface area contributed by atoms with Gasteiger partial charge in [-0.1, -0.05) is 129 Å². The Morgan fingerprint density at radius 1 is 0.421 bits per heavy atom. The number of aryl methyl sites for hydroxylation is 17. The summed E-state index contributed by atoms with van der Waals surface area (Å²) in [7, 11) is 0. The van der Waals surface area contributed by atoms with Crippen LogP contribution in [0.15, 0.2) is 149 Å². The number of halogens is 3. The van der Waals surface area contributed by atoms with Crippen molar-refractivity contribution in [1.82, 2.24) is 0 Å². The second-order valence-corrected chi connectivity index (χ2v) is 32.3. The van der Waals surface area contributed by atoms with Crippen LogP contribution in [-0.2, 0) is 147 Å². The van der Waals surface area contributed by atoms with Gasteiger partial charge in [-0.05, 0) is 358 Å². The molecule has 0 bridgehead atoms. The van der Waals surface area contributed by atoms with Crippen LogP contribution in [0.3, 0.4) is 0 Å². The van der Waals surface area contributed by atoms with E-state index >= 15 is 0 Å². The summed E-state index contributed by atoms with van der Waals surface area (Å²) in [6.07, 6.45) is 10.9. The molecule has 8 aliphatic carbocycles. The average Bonchev–Trinajstić information content (AvgIpc) is 1.62. The monoisotopic (exact) mass is 1610 g/mol. The molecule has 0 amide bonds. The predicted molar refractivity (Wildman–Crippen MR) is 438 cm³/mol. The molecular formula is C93H109Br2ClO11. The Morgan fingerprint density at radius 2 is 0.794 bits per heavy atom. The maximum absolute atomic E-state index is 11.7. The first-order chi connectivity index (χ1) is 55.2. The minimum Gasteiger partial charge on any atom is -0.481 e. The van der Waals surface area contributed by atoms with E-state index in [1.54, 1.807) is 18.2 Å². The lowest BCUT2D eigenvalue weighted by molar-refractivity contribution is -0.155. The fraction of sp³-hybridized carbons (Fsp3) is 0.430. The van der Waals surface area contributed by atoms with E-state index in [0.29, 0.717) is 83.5 Å². The van der Waals surface area contributed by atoms with E-state index in [1.165, 1.54) is 11.6 Å². The number of carboxylic acids is 1. The Hall–Kier alpha value is -7.84. The molecule has 0 heterocycles. The molecule has 7 aromatic rings. The standard InChI is InChI=1S/C16H22O2.C16H20O2.C12H13ClO.C12H14O2.C12H12O.C9H7BrO.C9H9Br.C7H12O2/c2*1-16(2,3)18-15(17)10-8-12-7-9-13-5-4-6-14(13)11-12;2*13-12(14)7-5-9-4-6-10-2-1-3-11(10)8-9;13-12-5-4-10-6-8-2-1-3-9(8)7-11(10)12;10-7-2-3-8-6(5-7)1-4-9(8)11;10-9-5-4-7-2-1-3-8(7)6-9;1-5-6(8)9-7(2,3)4/h7,9,11H,4-6,8,10H2,1-3H3;7-11H,4-6H2,1-3H3;4,6,8H,1-3,5,7H2;4,6,8H,1-3,5,7H2,(H,13,14);6-7H,1-5H2;2-3,5H,1,4H2;4-6H,1-3H2;5H,1H2,2-4H3/b;10-8+;;;;;;/i2*5D2;2*2D2;3D2;;2D2;. The molecule has 568 valence electrons. The van der Waals surface area contributed by atoms with Crippen LogP contribution in [0.25, 0.3) is 6.08 Å². The van der Waals surface area contributed by atoms with Crippen LogP contribution < -0.4 is 0 Å². The molecule has 11 nitrogen and oxygen atoms in total. The second kappa shape index (κ2) is 40.6. The minimum atomic E-state index is -1.23. The van der Waals surface area contributed by atoms with Crippen LogP contribution in [-0.4, -0.2) is 62.6 Å². The molecule has 0 aliphatic heterocycles. The molecule has 107 heavy (non-hydrogen) atoms.